The van der Waals surface area contributed by atoms with E-state index < -0.39 is 12.6 Å². The average molecular weight is 496 g/mol. The highest BCUT2D eigenvalue weighted by Crippen LogP contribution is 2.22. The molecular formula is C13H18BrF3IN3O. The first-order valence-corrected chi connectivity index (χ1v) is 6.98. The lowest BCUT2D eigenvalue weighted by atomic mass is 10.2. The van der Waals surface area contributed by atoms with Crippen molar-refractivity contribution in [2.45, 2.75) is 19.1 Å². The van der Waals surface area contributed by atoms with Crippen molar-refractivity contribution in [3.8, 4) is 5.75 Å². The van der Waals surface area contributed by atoms with Crippen LogP contribution in [-0.2, 0) is 6.54 Å². The number of hydrogen-bond donors (Lipinski definition) is 2. The van der Waals surface area contributed by atoms with Gasteiger partial charge in [0.25, 0.3) is 0 Å². The number of aliphatic imine (C=N–C) groups is 1. The van der Waals surface area contributed by atoms with Crippen LogP contribution in [0.15, 0.2) is 27.7 Å². The molecule has 0 saturated heterocycles. The van der Waals surface area contributed by atoms with Crippen molar-refractivity contribution >= 4 is 45.9 Å². The van der Waals surface area contributed by atoms with Gasteiger partial charge in [0.05, 0.1) is 13.5 Å². The molecule has 0 fully saturated rings. The summed E-state index contributed by atoms with van der Waals surface area (Å²) in [7, 11) is 3.06. The van der Waals surface area contributed by atoms with Crippen molar-refractivity contribution in [2.75, 3.05) is 20.7 Å². The number of nitrogens with zero attached hydrogens (tertiary/aromatic N) is 1. The van der Waals surface area contributed by atoms with E-state index in [4.69, 9.17) is 4.74 Å². The fourth-order valence-corrected chi connectivity index (χ4v) is 2.02. The van der Waals surface area contributed by atoms with Gasteiger partial charge in [0.1, 0.15) is 5.75 Å². The highest BCUT2D eigenvalue weighted by molar-refractivity contribution is 14.0. The predicted molar refractivity (Wildman–Crippen MR) is 95.0 cm³/mol. The zero-order chi connectivity index (χ0) is 15.9. The summed E-state index contributed by atoms with van der Waals surface area (Å²) in [6, 6.07) is 5.52. The second kappa shape index (κ2) is 10.1. The van der Waals surface area contributed by atoms with E-state index in [1.54, 1.807) is 13.2 Å². The summed E-state index contributed by atoms with van der Waals surface area (Å²) in [5.74, 6) is 0.998. The van der Waals surface area contributed by atoms with Crippen LogP contribution >= 0.6 is 39.9 Å². The summed E-state index contributed by atoms with van der Waals surface area (Å²) in [5.41, 5.74) is 0.866. The van der Waals surface area contributed by atoms with Crippen LogP contribution in [0.5, 0.6) is 5.75 Å². The Morgan fingerprint density at radius 3 is 2.55 bits per heavy atom. The van der Waals surface area contributed by atoms with Crippen LogP contribution in [-0.4, -0.2) is 32.8 Å². The molecule has 22 heavy (non-hydrogen) atoms. The Morgan fingerprint density at radius 2 is 2.00 bits per heavy atom. The molecule has 0 aromatic heterocycles. The standard InChI is InChI=1S/C13H17BrF3N3O.HI/c1-18-12(19-6-5-13(15,16)17)20-8-9-7-10(14)3-4-11(9)21-2;/h3-4,7H,5-6,8H2,1-2H3,(H2,18,19,20);1H. The maximum atomic E-state index is 12.1. The van der Waals surface area contributed by atoms with Crippen LogP contribution in [0, 0.1) is 0 Å². The van der Waals surface area contributed by atoms with Crippen LogP contribution in [0.1, 0.15) is 12.0 Å². The summed E-state index contributed by atoms with van der Waals surface area (Å²) in [5, 5.41) is 5.56. The molecule has 0 amide bonds. The topological polar surface area (TPSA) is 45.7 Å². The second-order valence-corrected chi connectivity index (χ2v) is 5.09. The zero-order valence-electron chi connectivity index (χ0n) is 12.1. The molecule has 126 valence electrons. The second-order valence-electron chi connectivity index (χ2n) is 4.17. The summed E-state index contributed by atoms with van der Waals surface area (Å²) in [4.78, 5) is 3.88. The van der Waals surface area contributed by atoms with Crippen LogP contribution in [0.3, 0.4) is 0 Å². The Hall–Kier alpha value is -0.710. The predicted octanol–water partition coefficient (Wildman–Crippen LogP) is 3.69. The Bertz CT molecular complexity index is 498. The first-order chi connectivity index (χ1) is 9.85. The molecule has 2 N–H and O–H groups in total. The fraction of sp³-hybridized carbons (Fsp3) is 0.462. The number of hydrogen-bond acceptors (Lipinski definition) is 2. The normalized spacial score (nSPS) is 11.6. The van der Waals surface area contributed by atoms with Gasteiger partial charge in [-0.05, 0) is 18.2 Å². The van der Waals surface area contributed by atoms with Gasteiger partial charge in [0, 0.05) is 30.2 Å². The minimum Gasteiger partial charge on any atom is -0.496 e. The molecule has 0 radical (unpaired) electrons. The molecule has 0 unspecified atom stereocenters. The largest absolute Gasteiger partial charge is 0.496 e. The van der Waals surface area contributed by atoms with Gasteiger partial charge in [-0.2, -0.15) is 13.2 Å². The average Bonchev–Trinajstić information content (AvgIpc) is 2.41. The van der Waals surface area contributed by atoms with Crippen molar-refractivity contribution in [3.05, 3.63) is 28.2 Å². The lowest BCUT2D eigenvalue weighted by Crippen LogP contribution is -2.38. The number of benzene rings is 1. The smallest absolute Gasteiger partial charge is 0.390 e. The lowest BCUT2D eigenvalue weighted by molar-refractivity contribution is -0.132. The summed E-state index contributed by atoms with van der Waals surface area (Å²) in [6.07, 6.45) is -5.09. The van der Waals surface area contributed by atoms with E-state index in [-0.39, 0.29) is 30.5 Å². The SMILES string of the molecule is CN=C(NCCC(F)(F)F)NCc1cc(Br)ccc1OC.I. The molecule has 0 heterocycles. The number of nitrogens with one attached hydrogen (secondary N) is 2. The van der Waals surface area contributed by atoms with Gasteiger partial charge in [0.15, 0.2) is 5.96 Å². The third-order valence-corrected chi connectivity index (χ3v) is 3.11. The van der Waals surface area contributed by atoms with E-state index in [0.29, 0.717) is 18.3 Å². The van der Waals surface area contributed by atoms with Gasteiger partial charge in [0.2, 0.25) is 0 Å². The molecule has 1 rings (SSSR count). The van der Waals surface area contributed by atoms with Crippen molar-refractivity contribution in [2.24, 2.45) is 4.99 Å². The highest BCUT2D eigenvalue weighted by Gasteiger charge is 2.26. The molecule has 0 saturated carbocycles. The van der Waals surface area contributed by atoms with Crippen LogP contribution in [0.4, 0.5) is 13.2 Å². The van der Waals surface area contributed by atoms with E-state index in [2.05, 4.69) is 31.6 Å². The van der Waals surface area contributed by atoms with Gasteiger partial charge in [-0.1, -0.05) is 15.9 Å². The molecule has 0 aliphatic heterocycles. The van der Waals surface area contributed by atoms with Crippen molar-refractivity contribution in [1.29, 1.82) is 0 Å². The number of guanidine groups is 1. The summed E-state index contributed by atoms with van der Waals surface area (Å²) >= 11 is 3.36. The number of rotatable bonds is 5. The van der Waals surface area contributed by atoms with Crippen molar-refractivity contribution in [3.63, 3.8) is 0 Å². The monoisotopic (exact) mass is 495 g/mol. The first kappa shape index (κ1) is 21.3. The minimum atomic E-state index is -4.18. The zero-order valence-corrected chi connectivity index (χ0v) is 16.0. The van der Waals surface area contributed by atoms with Crippen molar-refractivity contribution < 1.29 is 17.9 Å². The molecular weight excluding hydrogens is 478 g/mol. The molecule has 0 bridgehead atoms. The molecule has 0 spiro atoms. The maximum Gasteiger partial charge on any atom is 0.390 e. The van der Waals surface area contributed by atoms with E-state index >= 15 is 0 Å². The first-order valence-electron chi connectivity index (χ1n) is 6.19. The van der Waals surface area contributed by atoms with Gasteiger partial charge < -0.3 is 15.4 Å². The van der Waals surface area contributed by atoms with Gasteiger partial charge in [-0.15, -0.1) is 24.0 Å². The van der Waals surface area contributed by atoms with Crippen molar-refractivity contribution in [1.82, 2.24) is 10.6 Å². The third kappa shape index (κ3) is 8.06. The van der Waals surface area contributed by atoms with E-state index in [1.165, 1.54) is 7.05 Å². The molecule has 1 aromatic rings. The van der Waals surface area contributed by atoms with Crippen LogP contribution in [0.2, 0.25) is 0 Å². The third-order valence-electron chi connectivity index (χ3n) is 2.61. The Balaban J connectivity index is 0.00000441. The van der Waals surface area contributed by atoms with E-state index in [0.717, 1.165) is 10.0 Å². The van der Waals surface area contributed by atoms with Gasteiger partial charge in [-0.25, -0.2) is 0 Å². The number of halogens is 5. The number of ether oxygens (including phenoxy) is 1. The van der Waals surface area contributed by atoms with E-state index in [9.17, 15) is 13.2 Å². The maximum absolute atomic E-state index is 12.1. The fourth-order valence-electron chi connectivity index (χ4n) is 1.61. The Labute approximate surface area is 153 Å². The number of alkyl halides is 3. The molecule has 0 aliphatic rings. The summed E-state index contributed by atoms with van der Waals surface area (Å²) < 4.78 is 42.4. The minimum absolute atomic E-state index is 0. The summed E-state index contributed by atoms with van der Waals surface area (Å²) in [6.45, 7) is 0.160. The molecule has 9 heteroatoms. The molecule has 4 nitrogen and oxygen atoms in total. The Kier molecular flexibility index (Phi) is 9.81. The van der Waals surface area contributed by atoms with Crippen LogP contribution in [0.25, 0.3) is 0 Å². The number of methoxy groups -OCH3 is 1. The molecule has 1 aromatic carbocycles. The van der Waals surface area contributed by atoms with E-state index in [1.807, 2.05) is 12.1 Å². The highest BCUT2D eigenvalue weighted by atomic mass is 127. The van der Waals surface area contributed by atoms with Gasteiger partial charge in [-0.3, -0.25) is 4.99 Å². The van der Waals surface area contributed by atoms with Crippen LogP contribution < -0.4 is 15.4 Å². The molecule has 0 aliphatic carbocycles. The lowest BCUT2D eigenvalue weighted by Gasteiger charge is -2.14. The Morgan fingerprint density at radius 1 is 1.32 bits per heavy atom. The quantitative estimate of drug-likeness (QED) is 0.372. The van der Waals surface area contributed by atoms with Gasteiger partial charge >= 0.3 is 6.18 Å². The molecule has 0 atom stereocenters.